The number of aromatic nitrogens is 1. The number of hydrogen-bond donors (Lipinski definition) is 1. The van der Waals surface area contributed by atoms with Crippen LogP contribution in [0.3, 0.4) is 0 Å². The maximum Gasteiger partial charge on any atom is 0.0730 e. The highest BCUT2D eigenvalue weighted by Gasteiger charge is 2.08. The molecule has 0 aliphatic rings. The first-order valence-electron chi connectivity index (χ1n) is 7.11. The minimum absolute atomic E-state index is 0. The van der Waals surface area contributed by atoms with Crippen molar-refractivity contribution in [2.45, 2.75) is 0 Å². The van der Waals surface area contributed by atoms with Crippen LogP contribution >= 0.6 is 24.0 Å². The van der Waals surface area contributed by atoms with E-state index in [0.717, 1.165) is 38.2 Å². The molecule has 0 amide bonds. The number of halogens is 2. The van der Waals surface area contributed by atoms with Crippen LogP contribution in [0, 0.1) is 0 Å². The number of rotatable bonds is 2. The molecule has 0 bridgehead atoms. The molecular formula is C19H14Cl2N2. The van der Waals surface area contributed by atoms with E-state index in [1.807, 2.05) is 60.7 Å². The van der Waals surface area contributed by atoms with E-state index in [-0.39, 0.29) is 12.4 Å². The van der Waals surface area contributed by atoms with Crippen LogP contribution in [-0.4, -0.2) is 4.98 Å². The molecule has 4 heteroatoms. The number of hydrogen-bond acceptors (Lipinski definition) is 2. The maximum atomic E-state index is 5.97. The van der Waals surface area contributed by atoms with E-state index in [2.05, 4.69) is 17.4 Å². The summed E-state index contributed by atoms with van der Waals surface area (Å²) in [5, 5.41) is 6.47. The molecule has 0 fully saturated rings. The summed E-state index contributed by atoms with van der Waals surface area (Å²) in [6.07, 6.45) is 0. The van der Waals surface area contributed by atoms with Crippen molar-refractivity contribution in [3.05, 3.63) is 77.8 Å². The summed E-state index contributed by atoms with van der Waals surface area (Å²) in [5.41, 5.74) is 4.05. The molecular weight excluding hydrogens is 327 g/mol. The average molecular weight is 341 g/mol. The van der Waals surface area contributed by atoms with Crippen LogP contribution < -0.4 is 5.32 Å². The summed E-state index contributed by atoms with van der Waals surface area (Å²) in [6.45, 7) is 0. The molecule has 23 heavy (non-hydrogen) atoms. The zero-order valence-corrected chi connectivity index (χ0v) is 13.7. The van der Waals surface area contributed by atoms with E-state index in [9.17, 15) is 0 Å². The third-order valence-corrected chi connectivity index (χ3v) is 3.95. The van der Waals surface area contributed by atoms with Crippen molar-refractivity contribution in [3.8, 4) is 0 Å². The summed E-state index contributed by atoms with van der Waals surface area (Å²) in [7, 11) is 0. The number of benzene rings is 3. The van der Waals surface area contributed by atoms with Gasteiger partial charge >= 0.3 is 0 Å². The van der Waals surface area contributed by atoms with E-state index in [1.165, 1.54) is 0 Å². The van der Waals surface area contributed by atoms with Gasteiger partial charge in [0, 0.05) is 21.5 Å². The van der Waals surface area contributed by atoms with Gasteiger partial charge in [-0.2, -0.15) is 0 Å². The predicted octanol–water partition coefficient (Wildman–Crippen LogP) is 6.21. The summed E-state index contributed by atoms with van der Waals surface area (Å²) >= 11 is 5.97. The van der Waals surface area contributed by atoms with Gasteiger partial charge in [-0.25, -0.2) is 4.98 Å². The Kier molecular flexibility index (Phi) is 4.37. The Hall–Kier alpha value is -2.29. The first kappa shape index (κ1) is 15.6. The molecule has 4 aromatic rings. The fourth-order valence-corrected chi connectivity index (χ4v) is 2.78. The van der Waals surface area contributed by atoms with Gasteiger partial charge in [0.15, 0.2) is 0 Å². The van der Waals surface area contributed by atoms with E-state index < -0.39 is 0 Å². The molecule has 114 valence electrons. The zero-order valence-electron chi connectivity index (χ0n) is 12.2. The van der Waals surface area contributed by atoms with Gasteiger partial charge in [-0.05, 0) is 36.4 Å². The zero-order chi connectivity index (χ0) is 14.9. The second kappa shape index (κ2) is 6.45. The standard InChI is InChI=1S/C19H13ClN2.ClH/c20-13-9-11-14(12-10-13)21-19-15-5-1-3-7-17(15)22-18-8-4-2-6-16(18)19;/h1-12H,(H,21,22);1H. The van der Waals surface area contributed by atoms with Gasteiger partial charge in [0.2, 0.25) is 0 Å². The second-order valence-electron chi connectivity index (χ2n) is 5.15. The molecule has 0 spiro atoms. The van der Waals surface area contributed by atoms with E-state index in [1.54, 1.807) is 0 Å². The molecule has 0 saturated carbocycles. The Balaban J connectivity index is 0.00000156. The lowest BCUT2D eigenvalue weighted by Crippen LogP contribution is -1.95. The molecule has 0 atom stereocenters. The van der Waals surface area contributed by atoms with Crippen LogP contribution in [0.1, 0.15) is 0 Å². The van der Waals surface area contributed by atoms with E-state index >= 15 is 0 Å². The third-order valence-electron chi connectivity index (χ3n) is 3.70. The first-order chi connectivity index (χ1) is 10.8. The van der Waals surface area contributed by atoms with Crippen molar-refractivity contribution >= 4 is 57.2 Å². The number of para-hydroxylation sites is 2. The Morgan fingerprint density at radius 1 is 0.696 bits per heavy atom. The van der Waals surface area contributed by atoms with Gasteiger partial charge in [-0.1, -0.05) is 48.0 Å². The van der Waals surface area contributed by atoms with Gasteiger partial charge in [-0.15, -0.1) is 12.4 Å². The van der Waals surface area contributed by atoms with Crippen molar-refractivity contribution in [2.75, 3.05) is 5.32 Å². The minimum Gasteiger partial charge on any atom is -0.354 e. The number of pyridine rings is 1. The van der Waals surface area contributed by atoms with Crippen LogP contribution in [0.25, 0.3) is 21.8 Å². The topological polar surface area (TPSA) is 24.9 Å². The molecule has 4 rings (SSSR count). The molecule has 2 nitrogen and oxygen atoms in total. The molecule has 0 aliphatic carbocycles. The lowest BCUT2D eigenvalue weighted by molar-refractivity contribution is 1.48. The number of nitrogens with zero attached hydrogens (tertiary/aromatic N) is 1. The van der Waals surface area contributed by atoms with Crippen molar-refractivity contribution < 1.29 is 0 Å². The predicted molar refractivity (Wildman–Crippen MR) is 101 cm³/mol. The van der Waals surface area contributed by atoms with Gasteiger partial charge in [0.05, 0.1) is 16.7 Å². The quantitative estimate of drug-likeness (QED) is 0.439. The Labute approximate surface area is 145 Å². The molecule has 0 unspecified atom stereocenters. The average Bonchev–Trinajstić information content (AvgIpc) is 2.56. The van der Waals surface area contributed by atoms with Crippen molar-refractivity contribution in [1.82, 2.24) is 4.98 Å². The molecule has 0 radical (unpaired) electrons. The first-order valence-corrected chi connectivity index (χ1v) is 7.49. The Morgan fingerprint density at radius 3 is 1.78 bits per heavy atom. The summed E-state index contributed by atoms with van der Waals surface area (Å²) in [5.74, 6) is 0. The third kappa shape index (κ3) is 2.96. The maximum absolute atomic E-state index is 5.97. The van der Waals surface area contributed by atoms with Crippen LogP contribution in [0.4, 0.5) is 11.4 Å². The molecule has 3 aromatic carbocycles. The normalized spacial score (nSPS) is 10.5. The fourth-order valence-electron chi connectivity index (χ4n) is 2.65. The minimum atomic E-state index is 0. The highest BCUT2D eigenvalue weighted by Crippen LogP contribution is 2.33. The van der Waals surface area contributed by atoms with Gasteiger partial charge in [0.25, 0.3) is 0 Å². The van der Waals surface area contributed by atoms with Crippen LogP contribution in [0.15, 0.2) is 72.8 Å². The molecule has 1 aromatic heterocycles. The number of fused-ring (bicyclic) bond motifs is 2. The van der Waals surface area contributed by atoms with Crippen molar-refractivity contribution in [3.63, 3.8) is 0 Å². The molecule has 0 aliphatic heterocycles. The SMILES string of the molecule is Cl.Clc1ccc(Nc2c3ccccc3nc3ccccc23)cc1. The Bertz CT molecular complexity index is 912. The smallest absolute Gasteiger partial charge is 0.0730 e. The highest BCUT2D eigenvalue weighted by atomic mass is 35.5. The molecule has 1 heterocycles. The number of nitrogens with one attached hydrogen (secondary N) is 1. The van der Waals surface area contributed by atoms with Crippen molar-refractivity contribution in [2.24, 2.45) is 0 Å². The molecule has 1 N–H and O–H groups in total. The van der Waals surface area contributed by atoms with E-state index in [4.69, 9.17) is 16.6 Å². The number of anilines is 2. The summed E-state index contributed by atoms with van der Waals surface area (Å²) in [6, 6.07) is 24.1. The van der Waals surface area contributed by atoms with Crippen LogP contribution in [-0.2, 0) is 0 Å². The second-order valence-corrected chi connectivity index (χ2v) is 5.59. The van der Waals surface area contributed by atoms with Gasteiger partial charge in [0.1, 0.15) is 0 Å². The highest BCUT2D eigenvalue weighted by molar-refractivity contribution is 6.30. The largest absolute Gasteiger partial charge is 0.354 e. The monoisotopic (exact) mass is 340 g/mol. The Morgan fingerprint density at radius 2 is 1.22 bits per heavy atom. The summed E-state index contributed by atoms with van der Waals surface area (Å²) in [4.78, 5) is 4.73. The van der Waals surface area contributed by atoms with Gasteiger partial charge in [-0.3, -0.25) is 0 Å². The summed E-state index contributed by atoms with van der Waals surface area (Å²) < 4.78 is 0. The lowest BCUT2D eigenvalue weighted by Gasteiger charge is -2.13. The lowest BCUT2D eigenvalue weighted by atomic mass is 10.1. The van der Waals surface area contributed by atoms with Crippen molar-refractivity contribution in [1.29, 1.82) is 0 Å². The van der Waals surface area contributed by atoms with Gasteiger partial charge < -0.3 is 5.32 Å². The fraction of sp³-hybridized carbons (Fsp3) is 0. The van der Waals surface area contributed by atoms with Crippen LogP contribution in [0.5, 0.6) is 0 Å². The van der Waals surface area contributed by atoms with E-state index in [0.29, 0.717) is 0 Å². The molecule has 0 saturated heterocycles. The van der Waals surface area contributed by atoms with Crippen LogP contribution in [0.2, 0.25) is 5.02 Å².